The molecule has 46 heavy (non-hydrogen) atoms. The number of benzene rings is 7. The van der Waals surface area contributed by atoms with E-state index in [4.69, 9.17) is 4.42 Å². The van der Waals surface area contributed by atoms with Crippen molar-refractivity contribution < 1.29 is 4.42 Å². The maximum atomic E-state index is 6.66. The minimum Gasteiger partial charge on any atom is -0.455 e. The first-order valence-corrected chi connectivity index (χ1v) is 16.1. The lowest BCUT2D eigenvalue weighted by Gasteiger charge is -2.18. The van der Waals surface area contributed by atoms with Gasteiger partial charge in [0.1, 0.15) is 11.2 Å². The van der Waals surface area contributed by atoms with E-state index in [0.717, 1.165) is 35.0 Å². The third kappa shape index (κ3) is 3.95. The zero-order valence-electron chi connectivity index (χ0n) is 25.8. The highest BCUT2D eigenvalue weighted by atomic mass is 16.3. The predicted octanol–water partition coefficient (Wildman–Crippen LogP) is 13.0. The molecule has 0 amide bonds. The molecule has 1 nitrogen and oxygen atoms in total. The first kappa shape index (κ1) is 26.7. The summed E-state index contributed by atoms with van der Waals surface area (Å²) in [5.74, 6) is 0. The number of furan rings is 1. The van der Waals surface area contributed by atoms with Crippen LogP contribution in [-0.4, -0.2) is 0 Å². The van der Waals surface area contributed by atoms with Crippen molar-refractivity contribution in [1.82, 2.24) is 0 Å². The molecule has 1 aromatic heterocycles. The van der Waals surface area contributed by atoms with Crippen LogP contribution in [-0.2, 0) is 6.42 Å². The maximum Gasteiger partial charge on any atom is 0.142 e. The summed E-state index contributed by atoms with van der Waals surface area (Å²) in [5, 5.41) is 9.77. The zero-order chi connectivity index (χ0) is 30.8. The van der Waals surface area contributed by atoms with Crippen LogP contribution >= 0.6 is 0 Å². The van der Waals surface area contributed by atoms with Gasteiger partial charge in [-0.15, -0.1) is 0 Å². The van der Waals surface area contributed by atoms with Crippen LogP contribution in [0.15, 0.2) is 132 Å². The molecule has 0 bridgehead atoms. The topological polar surface area (TPSA) is 13.1 Å². The SMILES string of the molecule is C=Cc1ccc2ccc(-c3c4ccccc4c(-c4ccc5c(c4)oc4c6c(ccc45)CCC=C6)c4ccccc34)cc2c1/C=C\C. The second kappa shape index (κ2) is 10.5. The summed E-state index contributed by atoms with van der Waals surface area (Å²) in [6, 6.07) is 40.3. The van der Waals surface area contributed by atoms with Gasteiger partial charge in [-0.3, -0.25) is 0 Å². The third-order valence-corrected chi connectivity index (χ3v) is 9.79. The molecule has 9 rings (SSSR count). The fraction of sp³-hybridized carbons (Fsp3) is 0.0667. The fourth-order valence-corrected chi connectivity index (χ4v) is 7.69. The number of allylic oxidation sites excluding steroid dienone is 2. The Morgan fingerprint density at radius 1 is 0.652 bits per heavy atom. The van der Waals surface area contributed by atoms with Gasteiger partial charge in [-0.25, -0.2) is 0 Å². The first-order valence-electron chi connectivity index (χ1n) is 16.1. The van der Waals surface area contributed by atoms with Gasteiger partial charge in [-0.05, 0) is 109 Å². The monoisotopic (exact) mass is 588 g/mol. The Morgan fingerprint density at radius 2 is 1.30 bits per heavy atom. The fourth-order valence-electron chi connectivity index (χ4n) is 7.69. The predicted molar refractivity (Wildman–Crippen MR) is 199 cm³/mol. The highest BCUT2D eigenvalue weighted by Gasteiger charge is 2.19. The molecule has 1 heterocycles. The summed E-state index contributed by atoms with van der Waals surface area (Å²) in [6.07, 6.45) is 12.9. The maximum absolute atomic E-state index is 6.66. The minimum atomic E-state index is 0.932. The Balaban J connectivity index is 1.32. The van der Waals surface area contributed by atoms with E-state index in [-0.39, 0.29) is 0 Å². The Kier molecular flexibility index (Phi) is 6.08. The van der Waals surface area contributed by atoms with E-state index in [2.05, 4.69) is 147 Å². The Labute approximate surface area is 268 Å². The Bertz CT molecular complexity index is 2550. The Morgan fingerprint density at radius 3 is 2.00 bits per heavy atom. The van der Waals surface area contributed by atoms with Gasteiger partial charge < -0.3 is 4.42 Å². The van der Waals surface area contributed by atoms with Gasteiger partial charge in [0.05, 0.1) is 0 Å². The standard InChI is InChI=1S/C45H32O/c1-3-11-33-28(4-2)18-19-30-20-21-31(26-41(30)33)43-36-14-7-9-16-38(36)44(39-17-10-8-15-37(39)43)32-23-24-35-40-25-22-29-12-5-6-13-34(29)45(40)46-42(35)27-32/h3-4,6-11,13-27H,2,5,12H2,1H3/b11-3-. The van der Waals surface area contributed by atoms with Crippen molar-refractivity contribution in [2.75, 3.05) is 0 Å². The highest BCUT2D eigenvalue weighted by Crippen LogP contribution is 2.45. The second-order valence-corrected chi connectivity index (χ2v) is 12.3. The van der Waals surface area contributed by atoms with Crippen molar-refractivity contribution in [3.05, 3.63) is 150 Å². The lowest BCUT2D eigenvalue weighted by atomic mass is 9.85. The summed E-state index contributed by atoms with van der Waals surface area (Å²) in [7, 11) is 0. The molecule has 0 aliphatic heterocycles. The molecule has 0 radical (unpaired) electrons. The minimum absolute atomic E-state index is 0.932. The highest BCUT2D eigenvalue weighted by molar-refractivity contribution is 6.22. The van der Waals surface area contributed by atoms with Gasteiger partial charge in [0, 0.05) is 16.3 Å². The molecule has 1 aliphatic rings. The lowest BCUT2D eigenvalue weighted by molar-refractivity contribution is 0.667. The molecule has 7 aromatic carbocycles. The average molecular weight is 589 g/mol. The van der Waals surface area contributed by atoms with Crippen molar-refractivity contribution in [2.24, 2.45) is 0 Å². The molecule has 1 aliphatic carbocycles. The summed E-state index contributed by atoms with van der Waals surface area (Å²) in [5.41, 5.74) is 11.8. The molecule has 8 aromatic rings. The molecule has 0 spiro atoms. The summed E-state index contributed by atoms with van der Waals surface area (Å²) >= 11 is 0. The number of hydrogen-bond acceptors (Lipinski definition) is 1. The number of hydrogen-bond donors (Lipinski definition) is 0. The lowest BCUT2D eigenvalue weighted by Crippen LogP contribution is -1.93. The number of aryl methyl sites for hydroxylation is 1. The number of fused-ring (bicyclic) bond motifs is 8. The van der Waals surface area contributed by atoms with Crippen LogP contribution in [0, 0.1) is 0 Å². The van der Waals surface area contributed by atoms with Gasteiger partial charge in [0.2, 0.25) is 0 Å². The Hall–Kier alpha value is -5.66. The number of rotatable bonds is 4. The summed E-state index contributed by atoms with van der Waals surface area (Å²) in [4.78, 5) is 0. The molecule has 0 saturated heterocycles. The molecule has 0 unspecified atom stereocenters. The van der Waals surface area contributed by atoms with Gasteiger partial charge in [0.15, 0.2) is 0 Å². The normalized spacial score (nSPS) is 13.1. The molecule has 0 atom stereocenters. The van der Waals surface area contributed by atoms with Crippen LogP contribution in [0.2, 0.25) is 0 Å². The van der Waals surface area contributed by atoms with Gasteiger partial charge in [0.25, 0.3) is 0 Å². The first-order chi connectivity index (χ1) is 22.7. The third-order valence-electron chi connectivity index (χ3n) is 9.79. The van der Waals surface area contributed by atoms with Gasteiger partial charge in [-0.1, -0.05) is 128 Å². The largest absolute Gasteiger partial charge is 0.455 e. The van der Waals surface area contributed by atoms with Crippen molar-refractivity contribution in [3.63, 3.8) is 0 Å². The molecule has 1 heteroatoms. The van der Waals surface area contributed by atoms with Crippen LogP contribution < -0.4 is 0 Å². The van der Waals surface area contributed by atoms with Gasteiger partial charge >= 0.3 is 0 Å². The van der Waals surface area contributed by atoms with E-state index in [1.807, 2.05) is 6.08 Å². The van der Waals surface area contributed by atoms with Crippen LogP contribution in [0.25, 0.3) is 94.7 Å². The van der Waals surface area contributed by atoms with E-state index in [9.17, 15) is 0 Å². The second-order valence-electron chi connectivity index (χ2n) is 12.3. The smallest absolute Gasteiger partial charge is 0.142 e. The van der Waals surface area contributed by atoms with Crippen LogP contribution in [0.5, 0.6) is 0 Å². The molecular formula is C45H32O. The van der Waals surface area contributed by atoms with Gasteiger partial charge in [-0.2, -0.15) is 0 Å². The molecule has 218 valence electrons. The van der Waals surface area contributed by atoms with Crippen LogP contribution in [0.3, 0.4) is 0 Å². The molecule has 0 N–H and O–H groups in total. The van der Waals surface area contributed by atoms with E-state index < -0.39 is 0 Å². The summed E-state index contributed by atoms with van der Waals surface area (Å²) < 4.78 is 6.66. The van der Waals surface area contributed by atoms with Crippen molar-refractivity contribution in [2.45, 2.75) is 19.8 Å². The van der Waals surface area contributed by atoms with Crippen molar-refractivity contribution >= 4 is 72.5 Å². The van der Waals surface area contributed by atoms with Crippen molar-refractivity contribution in [1.29, 1.82) is 0 Å². The molecular weight excluding hydrogens is 556 g/mol. The molecule has 0 saturated carbocycles. The average Bonchev–Trinajstić information content (AvgIpc) is 3.49. The van der Waals surface area contributed by atoms with Crippen LogP contribution in [0.4, 0.5) is 0 Å². The quantitative estimate of drug-likeness (QED) is 0.186. The zero-order valence-corrected chi connectivity index (χ0v) is 25.8. The summed E-state index contributed by atoms with van der Waals surface area (Å²) in [6.45, 7) is 6.16. The van der Waals surface area contributed by atoms with E-state index in [1.165, 1.54) is 76.6 Å². The van der Waals surface area contributed by atoms with E-state index >= 15 is 0 Å². The van der Waals surface area contributed by atoms with Crippen LogP contribution in [0.1, 0.15) is 35.6 Å². The van der Waals surface area contributed by atoms with Crippen molar-refractivity contribution in [3.8, 4) is 22.3 Å². The van der Waals surface area contributed by atoms with E-state index in [1.54, 1.807) is 0 Å². The van der Waals surface area contributed by atoms with E-state index in [0.29, 0.717) is 0 Å². The molecule has 0 fully saturated rings.